The Morgan fingerprint density at radius 3 is 1.81 bits per heavy atom. The molecule has 0 spiro atoms. The SMILES string of the molecule is CCOC(=O)C(F)(F)[C@H](N)c1c(C)c(C)c(C)c(C)c1C. The fourth-order valence-corrected chi connectivity index (χ4v) is 2.53. The fraction of sp³-hybridized carbons (Fsp3) is 0.562. The number of hydrogen-bond donors (Lipinski definition) is 1. The highest BCUT2D eigenvalue weighted by molar-refractivity contribution is 5.79. The molecule has 3 nitrogen and oxygen atoms in total. The van der Waals surface area contributed by atoms with Crippen LogP contribution in [0, 0.1) is 34.6 Å². The summed E-state index contributed by atoms with van der Waals surface area (Å²) in [4.78, 5) is 11.5. The molecule has 0 heterocycles. The van der Waals surface area contributed by atoms with Gasteiger partial charge in [0.2, 0.25) is 0 Å². The largest absolute Gasteiger partial charge is 0.462 e. The summed E-state index contributed by atoms with van der Waals surface area (Å²) in [5, 5.41) is 0. The van der Waals surface area contributed by atoms with E-state index in [4.69, 9.17) is 5.73 Å². The lowest BCUT2D eigenvalue weighted by molar-refractivity contribution is -0.174. The first-order chi connectivity index (χ1) is 9.57. The monoisotopic (exact) mass is 299 g/mol. The Morgan fingerprint density at radius 1 is 1.05 bits per heavy atom. The van der Waals surface area contributed by atoms with Crippen LogP contribution in [0.5, 0.6) is 0 Å². The van der Waals surface area contributed by atoms with Crippen LogP contribution in [0.25, 0.3) is 0 Å². The Hall–Kier alpha value is -1.49. The van der Waals surface area contributed by atoms with Gasteiger partial charge in [-0.15, -0.1) is 0 Å². The maximum Gasteiger partial charge on any atom is 0.379 e. The second kappa shape index (κ2) is 6.10. The normalized spacial score (nSPS) is 13.2. The van der Waals surface area contributed by atoms with Crippen molar-refractivity contribution >= 4 is 5.97 Å². The number of benzene rings is 1. The molecule has 0 amide bonds. The van der Waals surface area contributed by atoms with E-state index in [1.54, 1.807) is 13.8 Å². The molecule has 0 aliphatic rings. The summed E-state index contributed by atoms with van der Waals surface area (Å²) in [6.07, 6.45) is 0. The van der Waals surface area contributed by atoms with Gasteiger partial charge in [0.25, 0.3) is 0 Å². The van der Waals surface area contributed by atoms with Gasteiger partial charge in [-0.2, -0.15) is 8.78 Å². The number of carbonyl (C=O) groups excluding carboxylic acids is 1. The molecular weight excluding hydrogens is 276 g/mol. The van der Waals surface area contributed by atoms with Crippen LogP contribution >= 0.6 is 0 Å². The summed E-state index contributed by atoms with van der Waals surface area (Å²) < 4.78 is 32.9. The zero-order chi connectivity index (χ0) is 16.5. The molecule has 1 aromatic rings. The first kappa shape index (κ1) is 17.6. The van der Waals surface area contributed by atoms with Gasteiger partial charge < -0.3 is 10.5 Å². The van der Waals surface area contributed by atoms with Crippen LogP contribution in [-0.2, 0) is 9.53 Å². The molecule has 0 unspecified atom stereocenters. The summed E-state index contributed by atoms with van der Waals surface area (Å²) in [7, 11) is 0. The minimum Gasteiger partial charge on any atom is -0.462 e. The van der Waals surface area contributed by atoms with Crippen molar-refractivity contribution in [3.8, 4) is 0 Å². The Balaban J connectivity index is 3.44. The zero-order valence-electron chi connectivity index (χ0n) is 13.4. The van der Waals surface area contributed by atoms with Gasteiger partial charge in [0, 0.05) is 0 Å². The molecule has 1 aromatic carbocycles. The topological polar surface area (TPSA) is 52.3 Å². The fourth-order valence-electron chi connectivity index (χ4n) is 2.53. The molecule has 0 bridgehead atoms. The van der Waals surface area contributed by atoms with Crippen molar-refractivity contribution in [2.75, 3.05) is 6.61 Å². The maximum atomic E-state index is 14.2. The van der Waals surface area contributed by atoms with E-state index in [2.05, 4.69) is 4.74 Å². The van der Waals surface area contributed by atoms with E-state index < -0.39 is 17.9 Å². The Morgan fingerprint density at radius 2 is 1.43 bits per heavy atom. The number of hydrogen-bond acceptors (Lipinski definition) is 3. The standard InChI is InChI=1S/C16H23F2NO2/c1-7-21-15(20)16(17,18)14(19)13-11(5)9(3)8(2)10(4)12(13)6/h14H,7,19H2,1-6H3/t14-/m1/s1. The van der Waals surface area contributed by atoms with Gasteiger partial charge in [-0.3, -0.25) is 0 Å². The van der Waals surface area contributed by atoms with E-state index in [1.807, 2.05) is 20.8 Å². The average molecular weight is 299 g/mol. The summed E-state index contributed by atoms with van der Waals surface area (Å²) in [6, 6.07) is -1.71. The van der Waals surface area contributed by atoms with Crippen LogP contribution in [0.4, 0.5) is 8.78 Å². The van der Waals surface area contributed by atoms with E-state index in [1.165, 1.54) is 6.92 Å². The molecule has 5 heteroatoms. The molecule has 0 aromatic heterocycles. The van der Waals surface area contributed by atoms with E-state index in [-0.39, 0.29) is 6.61 Å². The molecule has 0 fully saturated rings. The summed E-state index contributed by atoms with van der Waals surface area (Å²) >= 11 is 0. The van der Waals surface area contributed by atoms with Gasteiger partial charge in [-0.1, -0.05) is 0 Å². The molecule has 1 atom stereocenters. The van der Waals surface area contributed by atoms with Crippen LogP contribution in [0.3, 0.4) is 0 Å². The molecule has 21 heavy (non-hydrogen) atoms. The molecule has 2 N–H and O–H groups in total. The summed E-state index contributed by atoms with van der Waals surface area (Å²) in [5.41, 5.74) is 10.4. The van der Waals surface area contributed by atoms with Gasteiger partial charge >= 0.3 is 11.9 Å². The lowest BCUT2D eigenvalue weighted by Gasteiger charge is -2.27. The quantitative estimate of drug-likeness (QED) is 0.867. The zero-order valence-corrected chi connectivity index (χ0v) is 13.4. The smallest absolute Gasteiger partial charge is 0.379 e. The predicted octanol–water partition coefficient (Wildman–Crippen LogP) is 3.43. The Labute approximate surface area is 124 Å². The highest BCUT2D eigenvalue weighted by Crippen LogP contribution is 2.37. The van der Waals surface area contributed by atoms with Crippen molar-refractivity contribution in [1.29, 1.82) is 0 Å². The number of ether oxygens (including phenoxy) is 1. The number of nitrogens with two attached hydrogens (primary N) is 1. The first-order valence-electron chi connectivity index (χ1n) is 6.94. The lowest BCUT2D eigenvalue weighted by atomic mass is 9.84. The molecule has 0 radical (unpaired) electrons. The first-order valence-corrected chi connectivity index (χ1v) is 6.94. The minimum atomic E-state index is -3.75. The lowest BCUT2D eigenvalue weighted by Crippen LogP contribution is -2.42. The number of alkyl halides is 2. The van der Waals surface area contributed by atoms with E-state index in [9.17, 15) is 13.6 Å². The van der Waals surface area contributed by atoms with Crippen LogP contribution in [0.15, 0.2) is 0 Å². The van der Waals surface area contributed by atoms with E-state index in [0.717, 1.165) is 16.7 Å². The third-order valence-electron chi connectivity index (χ3n) is 4.31. The van der Waals surface area contributed by atoms with Crippen LogP contribution in [-0.4, -0.2) is 18.5 Å². The van der Waals surface area contributed by atoms with Crippen LogP contribution in [0.2, 0.25) is 0 Å². The number of carbonyl (C=O) groups is 1. The highest BCUT2D eigenvalue weighted by Gasteiger charge is 2.48. The third-order valence-corrected chi connectivity index (χ3v) is 4.31. The third kappa shape index (κ3) is 2.93. The molecule has 0 aliphatic heterocycles. The predicted molar refractivity (Wildman–Crippen MR) is 78.6 cm³/mol. The second-order valence-electron chi connectivity index (χ2n) is 5.36. The van der Waals surface area contributed by atoms with Crippen molar-refractivity contribution in [2.45, 2.75) is 53.5 Å². The van der Waals surface area contributed by atoms with Gasteiger partial charge in [0.05, 0.1) is 6.61 Å². The summed E-state index contributed by atoms with van der Waals surface area (Å²) in [5.74, 6) is -5.33. The van der Waals surface area contributed by atoms with Crippen LogP contribution < -0.4 is 5.73 Å². The molecule has 0 saturated carbocycles. The van der Waals surface area contributed by atoms with Crippen LogP contribution in [0.1, 0.15) is 46.3 Å². The van der Waals surface area contributed by atoms with E-state index >= 15 is 0 Å². The van der Waals surface area contributed by atoms with E-state index in [0.29, 0.717) is 16.7 Å². The number of rotatable bonds is 4. The van der Waals surface area contributed by atoms with Gasteiger partial charge in [-0.05, 0) is 74.9 Å². The number of esters is 1. The molecular formula is C16H23F2NO2. The Kier molecular flexibility index (Phi) is 5.10. The Bertz CT molecular complexity index is 539. The van der Waals surface area contributed by atoms with Crippen molar-refractivity contribution in [3.63, 3.8) is 0 Å². The van der Waals surface area contributed by atoms with Gasteiger partial charge in [0.15, 0.2) is 0 Å². The van der Waals surface area contributed by atoms with Crippen molar-refractivity contribution in [1.82, 2.24) is 0 Å². The maximum absolute atomic E-state index is 14.2. The highest BCUT2D eigenvalue weighted by atomic mass is 19.3. The van der Waals surface area contributed by atoms with Crippen molar-refractivity contribution in [3.05, 3.63) is 33.4 Å². The van der Waals surface area contributed by atoms with Gasteiger partial charge in [0.1, 0.15) is 6.04 Å². The van der Waals surface area contributed by atoms with Crippen molar-refractivity contribution < 1.29 is 18.3 Å². The van der Waals surface area contributed by atoms with Gasteiger partial charge in [-0.25, -0.2) is 4.79 Å². The summed E-state index contributed by atoms with van der Waals surface area (Å²) in [6.45, 7) is 10.6. The number of halogens is 2. The molecule has 0 aliphatic carbocycles. The molecule has 118 valence electrons. The average Bonchev–Trinajstić information content (AvgIpc) is 2.43. The second-order valence-corrected chi connectivity index (χ2v) is 5.36. The molecule has 1 rings (SSSR count). The van der Waals surface area contributed by atoms with Crippen molar-refractivity contribution in [2.24, 2.45) is 5.73 Å². The molecule has 0 saturated heterocycles. The minimum absolute atomic E-state index is 0.106.